The fourth-order valence-corrected chi connectivity index (χ4v) is 3.62. The number of phenols is 1. The van der Waals surface area contributed by atoms with E-state index >= 15 is 0 Å². The first-order valence-corrected chi connectivity index (χ1v) is 9.21. The van der Waals surface area contributed by atoms with Gasteiger partial charge >= 0.3 is 0 Å². The first-order chi connectivity index (χ1) is 13.7. The molecular formula is C19H19N7O2. The number of phenolic OH excluding ortho intramolecular Hbond substituents is 1. The van der Waals surface area contributed by atoms with E-state index in [2.05, 4.69) is 25.8 Å². The van der Waals surface area contributed by atoms with Crippen LogP contribution in [0.2, 0.25) is 0 Å². The van der Waals surface area contributed by atoms with Crippen LogP contribution >= 0.6 is 0 Å². The predicted molar refractivity (Wildman–Crippen MR) is 103 cm³/mol. The van der Waals surface area contributed by atoms with Gasteiger partial charge in [-0.05, 0) is 38.1 Å². The molecule has 4 heterocycles. The standard InChI is InChI=1S/C19H19N7O2/c27-17-9-15-12(11-26(24-15)13-2-5-20-6-3-13)8-16(17)23-19(28)14-10-22-25-7-1-4-21-18(14)25/h1,4,7-11,13,20,27H,2-3,5-6H2,(H,23,28). The summed E-state index contributed by atoms with van der Waals surface area (Å²) >= 11 is 0. The van der Waals surface area contributed by atoms with E-state index in [4.69, 9.17) is 0 Å². The molecule has 9 nitrogen and oxygen atoms in total. The van der Waals surface area contributed by atoms with E-state index in [0.29, 0.717) is 28.5 Å². The lowest BCUT2D eigenvalue weighted by atomic mass is 10.1. The Labute approximate surface area is 160 Å². The lowest BCUT2D eigenvalue weighted by Crippen LogP contribution is -2.29. The van der Waals surface area contributed by atoms with Crippen molar-refractivity contribution >= 4 is 28.1 Å². The van der Waals surface area contributed by atoms with Gasteiger partial charge in [0.15, 0.2) is 5.65 Å². The molecule has 0 aliphatic carbocycles. The average Bonchev–Trinajstić information content (AvgIpc) is 3.33. The Morgan fingerprint density at radius 2 is 2.14 bits per heavy atom. The zero-order chi connectivity index (χ0) is 19.1. The number of carbonyl (C=O) groups is 1. The number of amides is 1. The summed E-state index contributed by atoms with van der Waals surface area (Å²) < 4.78 is 3.49. The molecule has 0 spiro atoms. The molecule has 1 aromatic carbocycles. The van der Waals surface area contributed by atoms with Crippen molar-refractivity contribution < 1.29 is 9.90 Å². The van der Waals surface area contributed by atoms with Crippen LogP contribution in [0.15, 0.2) is 43.0 Å². The summed E-state index contributed by atoms with van der Waals surface area (Å²) in [6.45, 7) is 1.95. The Kier molecular flexibility index (Phi) is 3.94. The first-order valence-electron chi connectivity index (χ1n) is 9.21. The molecule has 3 aromatic heterocycles. The van der Waals surface area contributed by atoms with Crippen LogP contribution in [0.5, 0.6) is 5.75 Å². The molecule has 1 saturated heterocycles. The Morgan fingerprint density at radius 3 is 3.00 bits per heavy atom. The van der Waals surface area contributed by atoms with Crippen molar-refractivity contribution in [3.63, 3.8) is 0 Å². The number of aromatic hydroxyl groups is 1. The number of aromatic nitrogens is 5. The van der Waals surface area contributed by atoms with E-state index in [9.17, 15) is 9.90 Å². The van der Waals surface area contributed by atoms with Gasteiger partial charge in [-0.25, -0.2) is 9.50 Å². The molecule has 1 aliphatic heterocycles. The van der Waals surface area contributed by atoms with Crippen LogP contribution < -0.4 is 10.6 Å². The van der Waals surface area contributed by atoms with Crippen LogP contribution in [0.3, 0.4) is 0 Å². The minimum Gasteiger partial charge on any atom is -0.506 e. The van der Waals surface area contributed by atoms with Crippen molar-refractivity contribution in [1.82, 2.24) is 29.7 Å². The first kappa shape index (κ1) is 16.7. The van der Waals surface area contributed by atoms with Gasteiger partial charge in [0.25, 0.3) is 5.91 Å². The number of carbonyl (C=O) groups excluding carboxylic acids is 1. The molecule has 5 rings (SSSR count). The van der Waals surface area contributed by atoms with Gasteiger partial charge in [-0.15, -0.1) is 0 Å². The largest absolute Gasteiger partial charge is 0.506 e. The van der Waals surface area contributed by atoms with E-state index in [1.807, 2.05) is 10.9 Å². The lowest BCUT2D eigenvalue weighted by molar-refractivity contribution is 0.102. The van der Waals surface area contributed by atoms with Gasteiger partial charge in [-0.2, -0.15) is 10.2 Å². The van der Waals surface area contributed by atoms with Crippen LogP contribution in [0.25, 0.3) is 16.6 Å². The monoisotopic (exact) mass is 377 g/mol. The molecule has 1 aliphatic rings. The molecule has 142 valence electrons. The summed E-state index contributed by atoms with van der Waals surface area (Å²) in [7, 11) is 0. The van der Waals surface area contributed by atoms with Gasteiger partial charge in [0.05, 0.1) is 23.4 Å². The molecule has 9 heteroatoms. The third kappa shape index (κ3) is 2.85. The Hall–Kier alpha value is -3.46. The molecular weight excluding hydrogens is 358 g/mol. The topological polar surface area (TPSA) is 109 Å². The zero-order valence-electron chi connectivity index (χ0n) is 15.0. The quantitative estimate of drug-likeness (QED) is 0.471. The Morgan fingerprint density at radius 1 is 1.29 bits per heavy atom. The summed E-state index contributed by atoms with van der Waals surface area (Å²) in [6, 6.07) is 5.41. The molecule has 0 saturated carbocycles. The fourth-order valence-electron chi connectivity index (χ4n) is 3.62. The highest BCUT2D eigenvalue weighted by Crippen LogP contribution is 2.31. The molecule has 0 atom stereocenters. The Balaban J connectivity index is 1.45. The smallest absolute Gasteiger partial charge is 0.261 e. The molecule has 28 heavy (non-hydrogen) atoms. The van der Waals surface area contributed by atoms with Crippen LogP contribution in [0.4, 0.5) is 5.69 Å². The SMILES string of the molecule is O=C(Nc1cc2cn(C3CCNCC3)nc2cc1O)c1cnn2cccnc12. The van der Waals surface area contributed by atoms with E-state index in [1.165, 1.54) is 10.7 Å². The highest BCUT2D eigenvalue weighted by Gasteiger charge is 2.19. The maximum Gasteiger partial charge on any atom is 0.261 e. The minimum absolute atomic E-state index is 0.0270. The number of benzene rings is 1. The second-order valence-corrected chi connectivity index (χ2v) is 6.92. The normalized spacial score (nSPS) is 15.3. The summed E-state index contributed by atoms with van der Waals surface area (Å²) in [5, 5.41) is 26.1. The molecule has 1 amide bonds. The van der Waals surface area contributed by atoms with Crippen molar-refractivity contribution in [3.8, 4) is 5.75 Å². The van der Waals surface area contributed by atoms with Crippen LogP contribution in [-0.4, -0.2) is 48.5 Å². The summed E-state index contributed by atoms with van der Waals surface area (Å²) in [6.07, 6.45) is 8.79. The fraction of sp³-hybridized carbons (Fsp3) is 0.263. The maximum absolute atomic E-state index is 12.7. The van der Waals surface area contributed by atoms with Gasteiger partial charge in [0.1, 0.15) is 11.3 Å². The third-order valence-electron chi connectivity index (χ3n) is 5.09. The summed E-state index contributed by atoms with van der Waals surface area (Å²) in [5.74, 6) is -0.407. The number of hydrogen-bond acceptors (Lipinski definition) is 6. The van der Waals surface area contributed by atoms with Crippen LogP contribution in [0.1, 0.15) is 29.2 Å². The second kappa shape index (κ2) is 6.61. The van der Waals surface area contributed by atoms with Crippen molar-refractivity contribution in [2.45, 2.75) is 18.9 Å². The van der Waals surface area contributed by atoms with Crippen molar-refractivity contribution in [2.24, 2.45) is 0 Å². The molecule has 0 bridgehead atoms. The number of rotatable bonds is 3. The number of fused-ring (bicyclic) bond motifs is 2. The van der Waals surface area contributed by atoms with E-state index < -0.39 is 0 Å². The summed E-state index contributed by atoms with van der Waals surface area (Å²) in [4.78, 5) is 16.9. The third-order valence-corrected chi connectivity index (χ3v) is 5.09. The second-order valence-electron chi connectivity index (χ2n) is 6.92. The van der Waals surface area contributed by atoms with Gasteiger partial charge < -0.3 is 15.7 Å². The molecule has 0 unspecified atom stereocenters. The number of piperidine rings is 1. The summed E-state index contributed by atoms with van der Waals surface area (Å²) in [5.41, 5.74) is 1.83. The highest BCUT2D eigenvalue weighted by atomic mass is 16.3. The van der Waals surface area contributed by atoms with Crippen molar-refractivity contribution in [1.29, 1.82) is 0 Å². The number of nitrogens with zero attached hydrogens (tertiary/aromatic N) is 5. The highest BCUT2D eigenvalue weighted by molar-refractivity contribution is 6.09. The Bertz CT molecular complexity index is 1170. The van der Waals surface area contributed by atoms with Gasteiger partial charge in [0.2, 0.25) is 0 Å². The molecule has 0 radical (unpaired) electrons. The minimum atomic E-state index is -0.380. The maximum atomic E-state index is 12.7. The number of anilines is 1. The van der Waals surface area contributed by atoms with Crippen molar-refractivity contribution in [3.05, 3.63) is 48.5 Å². The molecule has 1 fully saturated rings. The van der Waals surface area contributed by atoms with E-state index in [-0.39, 0.29) is 11.7 Å². The van der Waals surface area contributed by atoms with Gasteiger partial charge in [-0.3, -0.25) is 9.48 Å². The van der Waals surface area contributed by atoms with Crippen molar-refractivity contribution in [2.75, 3.05) is 18.4 Å². The average molecular weight is 377 g/mol. The van der Waals surface area contributed by atoms with Crippen LogP contribution in [-0.2, 0) is 0 Å². The van der Waals surface area contributed by atoms with E-state index in [0.717, 1.165) is 31.3 Å². The lowest BCUT2D eigenvalue weighted by Gasteiger charge is -2.22. The number of nitrogens with one attached hydrogen (secondary N) is 2. The molecule has 3 N–H and O–H groups in total. The van der Waals surface area contributed by atoms with Crippen LogP contribution in [0, 0.1) is 0 Å². The van der Waals surface area contributed by atoms with Gasteiger partial charge in [0, 0.05) is 30.0 Å². The zero-order valence-corrected chi connectivity index (χ0v) is 15.0. The van der Waals surface area contributed by atoms with Gasteiger partial charge in [-0.1, -0.05) is 0 Å². The molecule has 4 aromatic rings. The predicted octanol–water partition coefficient (Wildman–Crippen LogP) is 1.96. The van der Waals surface area contributed by atoms with E-state index in [1.54, 1.807) is 30.6 Å². The number of hydrogen-bond donors (Lipinski definition) is 3.